The summed E-state index contributed by atoms with van der Waals surface area (Å²) < 4.78 is 0. The molecule has 0 bridgehead atoms. The first-order valence-corrected chi connectivity index (χ1v) is 6.22. The van der Waals surface area contributed by atoms with Crippen molar-refractivity contribution in [2.24, 2.45) is 11.7 Å². The number of carbonyl (C=O) groups excluding carboxylic acids is 1. The number of nitrogens with one attached hydrogen (secondary N) is 1. The van der Waals surface area contributed by atoms with Crippen LogP contribution in [0.2, 0.25) is 0 Å². The molecule has 3 N–H and O–H groups in total. The molecule has 0 fully saturated rings. The van der Waals surface area contributed by atoms with Gasteiger partial charge in [-0.2, -0.15) is 0 Å². The quantitative estimate of drug-likeness (QED) is 0.795. The van der Waals surface area contributed by atoms with Crippen molar-refractivity contribution in [2.75, 3.05) is 11.9 Å². The lowest BCUT2D eigenvalue weighted by atomic mass is 9.99. The van der Waals surface area contributed by atoms with E-state index in [0.717, 1.165) is 24.1 Å². The Labute approximate surface area is 103 Å². The highest BCUT2D eigenvalue weighted by Gasteiger charge is 2.11. The molecule has 17 heavy (non-hydrogen) atoms. The number of carbonyl (C=O) groups is 1. The zero-order valence-electron chi connectivity index (χ0n) is 10.7. The molecule has 1 aromatic rings. The molecule has 1 rings (SSSR count). The third kappa shape index (κ3) is 5.00. The smallest absolute Gasteiger partial charge is 0.224 e. The van der Waals surface area contributed by atoms with Gasteiger partial charge in [-0.1, -0.05) is 25.5 Å². The van der Waals surface area contributed by atoms with Gasteiger partial charge in [-0.05, 0) is 43.5 Å². The lowest BCUT2D eigenvalue weighted by Crippen LogP contribution is -2.22. The van der Waals surface area contributed by atoms with Crippen LogP contribution in [-0.2, 0) is 4.79 Å². The van der Waals surface area contributed by atoms with Gasteiger partial charge in [0.05, 0.1) is 0 Å². The summed E-state index contributed by atoms with van der Waals surface area (Å²) in [4.78, 5) is 11.8. The van der Waals surface area contributed by atoms with Crippen LogP contribution in [0, 0.1) is 12.8 Å². The zero-order valence-corrected chi connectivity index (χ0v) is 10.7. The Bertz CT molecular complexity index is 363. The van der Waals surface area contributed by atoms with Crippen LogP contribution in [0.1, 0.15) is 31.7 Å². The molecule has 3 nitrogen and oxygen atoms in total. The van der Waals surface area contributed by atoms with Crippen LogP contribution >= 0.6 is 0 Å². The van der Waals surface area contributed by atoms with Crippen molar-refractivity contribution < 1.29 is 4.79 Å². The van der Waals surface area contributed by atoms with Gasteiger partial charge in [0.1, 0.15) is 0 Å². The number of hydrogen-bond donors (Lipinski definition) is 2. The maximum absolute atomic E-state index is 11.8. The van der Waals surface area contributed by atoms with Crippen LogP contribution in [0.25, 0.3) is 0 Å². The van der Waals surface area contributed by atoms with Crippen molar-refractivity contribution in [3.05, 3.63) is 29.8 Å². The zero-order chi connectivity index (χ0) is 12.7. The minimum atomic E-state index is 0.0551. The molecule has 1 unspecified atom stereocenters. The Morgan fingerprint density at radius 1 is 1.47 bits per heavy atom. The highest BCUT2D eigenvalue weighted by molar-refractivity contribution is 5.90. The molecule has 0 aliphatic heterocycles. The van der Waals surface area contributed by atoms with E-state index in [1.54, 1.807) is 0 Å². The summed E-state index contributed by atoms with van der Waals surface area (Å²) in [5.41, 5.74) is 7.65. The first-order valence-electron chi connectivity index (χ1n) is 6.22. The van der Waals surface area contributed by atoms with Gasteiger partial charge < -0.3 is 11.1 Å². The Morgan fingerprint density at radius 3 is 2.82 bits per heavy atom. The minimum Gasteiger partial charge on any atom is -0.330 e. The van der Waals surface area contributed by atoms with Gasteiger partial charge in [-0.15, -0.1) is 0 Å². The molecule has 0 aliphatic rings. The van der Waals surface area contributed by atoms with Gasteiger partial charge in [-0.3, -0.25) is 4.79 Å². The molecule has 0 saturated carbocycles. The Morgan fingerprint density at radius 2 is 2.24 bits per heavy atom. The van der Waals surface area contributed by atoms with Crippen LogP contribution in [0.3, 0.4) is 0 Å². The molecule has 0 saturated heterocycles. The lowest BCUT2D eigenvalue weighted by Gasteiger charge is -2.13. The molecule has 0 aromatic heterocycles. The number of benzene rings is 1. The molecule has 1 amide bonds. The van der Waals surface area contributed by atoms with Crippen LogP contribution in [0.15, 0.2) is 24.3 Å². The van der Waals surface area contributed by atoms with Crippen molar-refractivity contribution in [1.82, 2.24) is 0 Å². The van der Waals surface area contributed by atoms with Crippen molar-refractivity contribution in [2.45, 2.75) is 33.1 Å². The lowest BCUT2D eigenvalue weighted by molar-refractivity contribution is -0.117. The fourth-order valence-corrected chi connectivity index (χ4v) is 1.91. The molecule has 1 aromatic carbocycles. The minimum absolute atomic E-state index is 0.0551. The van der Waals surface area contributed by atoms with Gasteiger partial charge in [0.15, 0.2) is 0 Å². The van der Waals surface area contributed by atoms with Crippen LogP contribution in [-0.4, -0.2) is 12.5 Å². The van der Waals surface area contributed by atoms with Crippen LogP contribution in [0.5, 0.6) is 0 Å². The summed E-state index contributed by atoms with van der Waals surface area (Å²) in [7, 11) is 0. The molecule has 0 spiro atoms. The second-order valence-corrected chi connectivity index (χ2v) is 4.51. The second kappa shape index (κ2) is 7.07. The van der Waals surface area contributed by atoms with Gasteiger partial charge >= 0.3 is 0 Å². The summed E-state index contributed by atoms with van der Waals surface area (Å²) in [5, 5.41) is 2.91. The topological polar surface area (TPSA) is 55.1 Å². The third-order valence-electron chi connectivity index (χ3n) is 2.81. The van der Waals surface area contributed by atoms with Gasteiger partial charge in [0.25, 0.3) is 0 Å². The molecule has 1 atom stereocenters. The SMILES string of the molecule is CCCC(CN)CC(=O)Nc1cccc(C)c1. The van der Waals surface area contributed by atoms with Crippen LogP contribution < -0.4 is 11.1 Å². The number of hydrogen-bond acceptors (Lipinski definition) is 2. The Balaban J connectivity index is 2.49. The Kier molecular flexibility index (Phi) is 5.70. The maximum atomic E-state index is 11.8. The molecule has 0 aliphatic carbocycles. The predicted octanol–water partition coefficient (Wildman–Crippen LogP) is 2.70. The maximum Gasteiger partial charge on any atom is 0.224 e. The highest BCUT2D eigenvalue weighted by Crippen LogP contribution is 2.13. The number of rotatable bonds is 6. The largest absolute Gasteiger partial charge is 0.330 e. The van der Waals surface area contributed by atoms with E-state index in [1.807, 2.05) is 31.2 Å². The number of amides is 1. The van der Waals surface area contributed by atoms with Crippen LogP contribution in [0.4, 0.5) is 5.69 Å². The average molecular weight is 234 g/mol. The molecule has 3 heteroatoms. The summed E-state index contributed by atoms with van der Waals surface area (Å²) in [6.07, 6.45) is 2.59. The van der Waals surface area contributed by atoms with E-state index in [-0.39, 0.29) is 5.91 Å². The van der Waals surface area contributed by atoms with Gasteiger partial charge in [0, 0.05) is 12.1 Å². The van der Waals surface area contributed by atoms with E-state index in [9.17, 15) is 4.79 Å². The van der Waals surface area contributed by atoms with E-state index in [2.05, 4.69) is 12.2 Å². The van der Waals surface area contributed by atoms with Gasteiger partial charge in [-0.25, -0.2) is 0 Å². The van der Waals surface area contributed by atoms with E-state index < -0.39 is 0 Å². The summed E-state index contributed by atoms with van der Waals surface area (Å²) in [6.45, 7) is 4.70. The molecule has 0 radical (unpaired) electrons. The van der Waals surface area contributed by atoms with E-state index >= 15 is 0 Å². The molecule has 94 valence electrons. The van der Waals surface area contributed by atoms with Crippen molar-refractivity contribution in [3.8, 4) is 0 Å². The van der Waals surface area contributed by atoms with E-state index in [4.69, 9.17) is 5.73 Å². The first kappa shape index (κ1) is 13.7. The standard InChI is InChI=1S/C14H22N2O/c1-3-5-12(10-15)9-14(17)16-13-7-4-6-11(2)8-13/h4,6-8,12H,3,5,9-10,15H2,1-2H3,(H,16,17). The molecular formula is C14H22N2O. The molecule has 0 heterocycles. The predicted molar refractivity (Wildman–Crippen MR) is 71.9 cm³/mol. The summed E-state index contributed by atoms with van der Waals surface area (Å²) in [5.74, 6) is 0.351. The normalized spacial score (nSPS) is 12.2. The van der Waals surface area contributed by atoms with Crippen molar-refractivity contribution >= 4 is 11.6 Å². The number of anilines is 1. The molecular weight excluding hydrogens is 212 g/mol. The first-order chi connectivity index (χ1) is 8.15. The number of aryl methyl sites for hydroxylation is 1. The fraction of sp³-hybridized carbons (Fsp3) is 0.500. The van der Waals surface area contributed by atoms with E-state index in [1.165, 1.54) is 0 Å². The monoisotopic (exact) mass is 234 g/mol. The van der Waals surface area contributed by atoms with Gasteiger partial charge in [0.2, 0.25) is 5.91 Å². The van der Waals surface area contributed by atoms with Crippen molar-refractivity contribution in [1.29, 1.82) is 0 Å². The summed E-state index contributed by atoms with van der Waals surface area (Å²) >= 11 is 0. The van der Waals surface area contributed by atoms with Crippen molar-refractivity contribution in [3.63, 3.8) is 0 Å². The third-order valence-corrected chi connectivity index (χ3v) is 2.81. The number of nitrogens with two attached hydrogens (primary N) is 1. The average Bonchev–Trinajstić information content (AvgIpc) is 2.28. The highest BCUT2D eigenvalue weighted by atomic mass is 16.1. The summed E-state index contributed by atoms with van der Waals surface area (Å²) in [6, 6.07) is 7.82. The fourth-order valence-electron chi connectivity index (χ4n) is 1.91. The van der Waals surface area contributed by atoms with E-state index in [0.29, 0.717) is 18.9 Å². The Hall–Kier alpha value is -1.35. The second-order valence-electron chi connectivity index (χ2n) is 4.51.